The Morgan fingerprint density at radius 2 is 2.15 bits per heavy atom. The number of ether oxygens (including phenoxy) is 1. The van der Waals surface area contributed by atoms with Gasteiger partial charge in [0.1, 0.15) is 0 Å². The number of hydrogen-bond acceptors (Lipinski definition) is 3. The van der Waals surface area contributed by atoms with Crippen LogP contribution in [0.4, 0.5) is 0 Å². The van der Waals surface area contributed by atoms with Crippen LogP contribution in [-0.4, -0.2) is 48.5 Å². The third-order valence-electron chi connectivity index (χ3n) is 3.76. The summed E-state index contributed by atoms with van der Waals surface area (Å²) in [5.41, 5.74) is 0. The second-order valence-electron chi connectivity index (χ2n) is 4.74. The van der Waals surface area contributed by atoms with E-state index in [-0.39, 0.29) is 6.10 Å². The van der Waals surface area contributed by atoms with E-state index in [0.29, 0.717) is 12.0 Å². The number of epoxide rings is 1. The van der Waals surface area contributed by atoms with Crippen molar-refractivity contribution < 1.29 is 9.84 Å². The molecule has 0 bridgehead atoms. The molecule has 3 rings (SSSR count). The SMILES string of the molecule is OC1CCC2CN(CC3CO3)CC12. The average Bonchev–Trinajstić information content (AvgIpc) is 2.71. The molecule has 2 heterocycles. The van der Waals surface area contributed by atoms with Crippen molar-refractivity contribution >= 4 is 0 Å². The first-order valence-electron chi connectivity index (χ1n) is 5.35. The summed E-state index contributed by atoms with van der Waals surface area (Å²) in [6, 6.07) is 0. The van der Waals surface area contributed by atoms with Crippen molar-refractivity contribution in [3.63, 3.8) is 0 Å². The van der Waals surface area contributed by atoms with Gasteiger partial charge in [-0.3, -0.25) is 4.90 Å². The number of hydrogen-bond donors (Lipinski definition) is 1. The second kappa shape index (κ2) is 2.94. The normalized spacial score (nSPS) is 49.6. The van der Waals surface area contributed by atoms with Crippen LogP contribution in [0.25, 0.3) is 0 Å². The van der Waals surface area contributed by atoms with Gasteiger partial charge in [-0.05, 0) is 18.8 Å². The molecule has 0 aromatic rings. The molecular weight excluding hydrogens is 166 g/mol. The minimum atomic E-state index is -0.0184. The van der Waals surface area contributed by atoms with Gasteiger partial charge in [-0.15, -0.1) is 0 Å². The van der Waals surface area contributed by atoms with E-state index in [0.717, 1.165) is 32.0 Å². The Morgan fingerprint density at radius 1 is 1.31 bits per heavy atom. The van der Waals surface area contributed by atoms with Crippen molar-refractivity contribution in [2.45, 2.75) is 25.0 Å². The third kappa shape index (κ3) is 1.49. The van der Waals surface area contributed by atoms with Crippen LogP contribution in [0.15, 0.2) is 0 Å². The summed E-state index contributed by atoms with van der Waals surface area (Å²) in [5.74, 6) is 1.34. The Hall–Kier alpha value is -0.120. The van der Waals surface area contributed by atoms with Gasteiger partial charge in [-0.2, -0.15) is 0 Å². The lowest BCUT2D eigenvalue weighted by Crippen LogP contribution is -2.28. The fraction of sp³-hybridized carbons (Fsp3) is 1.00. The van der Waals surface area contributed by atoms with Crippen LogP contribution in [0.3, 0.4) is 0 Å². The zero-order valence-electron chi connectivity index (χ0n) is 7.85. The molecule has 3 nitrogen and oxygen atoms in total. The molecule has 3 heteroatoms. The first-order valence-corrected chi connectivity index (χ1v) is 5.35. The van der Waals surface area contributed by atoms with E-state index < -0.39 is 0 Å². The molecule has 2 aliphatic heterocycles. The van der Waals surface area contributed by atoms with Gasteiger partial charge in [0.05, 0.1) is 18.8 Å². The predicted molar refractivity (Wildman–Crippen MR) is 48.4 cm³/mol. The molecule has 1 N–H and O–H groups in total. The molecule has 3 aliphatic rings. The Labute approximate surface area is 78.7 Å². The Balaban J connectivity index is 1.58. The standard InChI is InChI=1S/C10H17NO2/c12-10-2-1-7-3-11(5-9(7)10)4-8-6-13-8/h7-10,12H,1-6H2. The molecule has 3 fully saturated rings. The van der Waals surface area contributed by atoms with Crippen molar-refractivity contribution in [3.05, 3.63) is 0 Å². The fourth-order valence-electron chi connectivity index (χ4n) is 2.94. The Morgan fingerprint density at radius 3 is 2.85 bits per heavy atom. The van der Waals surface area contributed by atoms with Crippen LogP contribution in [0.2, 0.25) is 0 Å². The number of nitrogens with zero attached hydrogens (tertiary/aromatic N) is 1. The largest absolute Gasteiger partial charge is 0.393 e. The van der Waals surface area contributed by atoms with Crippen LogP contribution >= 0.6 is 0 Å². The first kappa shape index (κ1) is 8.21. The zero-order chi connectivity index (χ0) is 8.84. The number of fused-ring (bicyclic) bond motifs is 1. The van der Waals surface area contributed by atoms with Gasteiger partial charge in [0.2, 0.25) is 0 Å². The monoisotopic (exact) mass is 183 g/mol. The van der Waals surface area contributed by atoms with E-state index in [1.54, 1.807) is 0 Å². The van der Waals surface area contributed by atoms with E-state index in [1.165, 1.54) is 13.0 Å². The number of aliphatic hydroxyl groups is 1. The Kier molecular flexibility index (Phi) is 1.86. The van der Waals surface area contributed by atoms with E-state index in [4.69, 9.17) is 4.74 Å². The van der Waals surface area contributed by atoms with Crippen molar-refractivity contribution in [3.8, 4) is 0 Å². The molecule has 1 aliphatic carbocycles. The lowest BCUT2D eigenvalue weighted by atomic mass is 10.00. The summed E-state index contributed by atoms with van der Waals surface area (Å²) in [6.07, 6.45) is 2.75. The molecule has 74 valence electrons. The molecule has 2 saturated heterocycles. The maximum Gasteiger partial charge on any atom is 0.0936 e. The van der Waals surface area contributed by atoms with Crippen LogP contribution in [0, 0.1) is 11.8 Å². The van der Waals surface area contributed by atoms with Crippen LogP contribution in [-0.2, 0) is 4.74 Å². The van der Waals surface area contributed by atoms with Crippen molar-refractivity contribution in [2.75, 3.05) is 26.2 Å². The van der Waals surface area contributed by atoms with Crippen molar-refractivity contribution in [2.24, 2.45) is 11.8 Å². The molecule has 0 aromatic carbocycles. The van der Waals surface area contributed by atoms with Gasteiger partial charge in [0, 0.05) is 25.6 Å². The minimum Gasteiger partial charge on any atom is -0.393 e. The quantitative estimate of drug-likeness (QED) is 0.616. The summed E-state index contributed by atoms with van der Waals surface area (Å²) in [6.45, 7) is 4.35. The van der Waals surface area contributed by atoms with Crippen LogP contribution in [0.5, 0.6) is 0 Å². The van der Waals surface area contributed by atoms with Gasteiger partial charge in [-0.1, -0.05) is 0 Å². The lowest BCUT2D eigenvalue weighted by Gasteiger charge is -2.16. The number of aliphatic hydroxyl groups excluding tert-OH is 1. The molecule has 4 atom stereocenters. The maximum atomic E-state index is 9.71. The number of likely N-dealkylation sites (tertiary alicyclic amines) is 1. The van der Waals surface area contributed by atoms with Gasteiger partial charge in [0.25, 0.3) is 0 Å². The predicted octanol–water partition coefficient (Wildman–Crippen LogP) is 0.0879. The van der Waals surface area contributed by atoms with Crippen molar-refractivity contribution in [1.29, 1.82) is 0 Å². The van der Waals surface area contributed by atoms with Gasteiger partial charge >= 0.3 is 0 Å². The fourth-order valence-corrected chi connectivity index (χ4v) is 2.94. The molecule has 1 saturated carbocycles. The summed E-state index contributed by atoms with van der Waals surface area (Å²) in [5, 5.41) is 9.71. The van der Waals surface area contributed by atoms with Crippen LogP contribution < -0.4 is 0 Å². The lowest BCUT2D eigenvalue weighted by molar-refractivity contribution is 0.123. The zero-order valence-corrected chi connectivity index (χ0v) is 7.85. The molecule has 0 aromatic heterocycles. The Bertz CT molecular complexity index is 205. The van der Waals surface area contributed by atoms with E-state index in [2.05, 4.69) is 4.90 Å². The highest BCUT2D eigenvalue weighted by Crippen LogP contribution is 2.38. The first-order chi connectivity index (χ1) is 6.33. The molecule has 0 amide bonds. The van der Waals surface area contributed by atoms with E-state index >= 15 is 0 Å². The molecule has 0 radical (unpaired) electrons. The van der Waals surface area contributed by atoms with Gasteiger partial charge in [0.15, 0.2) is 0 Å². The maximum absolute atomic E-state index is 9.71. The van der Waals surface area contributed by atoms with Crippen LogP contribution in [0.1, 0.15) is 12.8 Å². The van der Waals surface area contributed by atoms with Gasteiger partial charge in [-0.25, -0.2) is 0 Å². The smallest absolute Gasteiger partial charge is 0.0936 e. The third-order valence-corrected chi connectivity index (χ3v) is 3.76. The topological polar surface area (TPSA) is 36.0 Å². The van der Waals surface area contributed by atoms with E-state index in [1.807, 2.05) is 0 Å². The highest BCUT2D eigenvalue weighted by Gasteiger charge is 2.42. The second-order valence-corrected chi connectivity index (χ2v) is 4.74. The molecule has 13 heavy (non-hydrogen) atoms. The summed E-state index contributed by atoms with van der Waals surface area (Å²) >= 11 is 0. The molecule has 4 unspecified atom stereocenters. The summed E-state index contributed by atoms with van der Waals surface area (Å²) in [7, 11) is 0. The molecule has 0 spiro atoms. The van der Waals surface area contributed by atoms with E-state index in [9.17, 15) is 5.11 Å². The summed E-state index contributed by atoms with van der Waals surface area (Å²) in [4.78, 5) is 2.47. The highest BCUT2D eigenvalue weighted by atomic mass is 16.6. The molecular formula is C10H17NO2. The highest BCUT2D eigenvalue weighted by molar-refractivity contribution is 4.94. The van der Waals surface area contributed by atoms with Gasteiger partial charge < -0.3 is 9.84 Å². The summed E-state index contributed by atoms with van der Waals surface area (Å²) < 4.78 is 5.22. The van der Waals surface area contributed by atoms with Crippen molar-refractivity contribution in [1.82, 2.24) is 4.90 Å². The number of rotatable bonds is 2. The average molecular weight is 183 g/mol. The minimum absolute atomic E-state index is 0.0184.